The number of fused-ring (bicyclic) bond motifs is 4. The molecular weight excluding hydrogens is 667 g/mol. The number of hydrogen-bond donors (Lipinski definition) is 0. The molecule has 2 heterocycles. The molecule has 3 heteroatoms. The van der Waals surface area contributed by atoms with Crippen LogP contribution in [0.25, 0.3) is 89.3 Å². The smallest absolute Gasteiger partial charge is 0.160 e. The second-order valence-electron chi connectivity index (χ2n) is 14.8. The summed E-state index contributed by atoms with van der Waals surface area (Å²) in [5.74, 6) is 0.700. The first kappa shape index (κ1) is 32.7. The minimum atomic E-state index is -0.0770. The molecule has 3 nitrogen and oxygen atoms in total. The molecule has 0 amide bonds. The van der Waals surface area contributed by atoms with Crippen LogP contribution in [0.1, 0.15) is 25.0 Å². The van der Waals surface area contributed by atoms with Crippen molar-refractivity contribution in [3.05, 3.63) is 199 Å². The van der Waals surface area contributed by atoms with Gasteiger partial charge < -0.3 is 0 Å². The van der Waals surface area contributed by atoms with Crippen molar-refractivity contribution in [1.29, 1.82) is 0 Å². The van der Waals surface area contributed by atoms with Crippen molar-refractivity contribution >= 4 is 10.8 Å². The first-order valence-electron chi connectivity index (χ1n) is 18.8. The summed E-state index contributed by atoms with van der Waals surface area (Å²) < 4.78 is 0. The molecule has 0 saturated carbocycles. The van der Waals surface area contributed by atoms with Crippen molar-refractivity contribution in [2.45, 2.75) is 19.3 Å². The SMILES string of the molecule is CC1(C)c2ccccc2-c2ccc(-c3ncccc3-c3ccc(-c4cc(-c5ccc(-c6cccc7ccccc67)cc5)nc(-c5ccccc5)n4)cc3)cc21. The maximum atomic E-state index is 5.11. The number of aromatic nitrogens is 3. The minimum absolute atomic E-state index is 0.0770. The van der Waals surface area contributed by atoms with Crippen LogP contribution in [0.3, 0.4) is 0 Å². The fourth-order valence-electron chi connectivity index (χ4n) is 8.30. The first-order chi connectivity index (χ1) is 27.0. The van der Waals surface area contributed by atoms with Crippen LogP contribution in [0.4, 0.5) is 0 Å². The Balaban J connectivity index is 1.01. The van der Waals surface area contributed by atoms with Gasteiger partial charge in [0.05, 0.1) is 17.1 Å². The third-order valence-electron chi connectivity index (χ3n) is 11.2. The van der Waals surface area contributed by atoms with Crippen molar-refractivity contribution in [2.75, 3.05) is 0 Å². The van der Waals surface area contributed by atoms with Crippen LogP contribution >= 0.6 is 0 Å². The van der Waals surface area contributed by atoms with Gasteiger partial charge in [-0.2, -0.15) is 0 Å². The largest absolute Gasteiger partial charge is 0.256 e. The van der Waals surface area contributed by atoms with Crippen LogP contribution in [0.2, 0.25) is 0 Å². The van der Waals surface area contributed by atoms with Crippen molar-refractivity contribution in [3.8, 4) is 78.5 Å². The van der Waals surface area contributed by atoms with E-state index < -0.39 is 0 Å². The Hall–Kier alpha value is -6.97. The van der Waals surface area contributed by atoms with E-state index in [1.54, 1.807) is 0 Å². The van der Waals surface area contributed by atoms with Crippen LogP contribution in [0.15, 0.2) is 188 Å². The van der Waals surface area contributed by atoms with Gasteiger partial charge >= 0.3 is 0 Å². The van der Waals surface area contributed by atoms with E-state index in [0.29, 0.717) is 5.82 Å². The monoisotopic (exact) mass is 703 g/mol. The number of nitrogens with zero attached hydrogens (tertiary/aromatic N) is 3. The summed E-state index contributed by atoms with van der Waals surface area (Å²) in [7, 11) is 0. The van der Waals surface area contributed by atoms with Crippen molar-refractivity contribution in [3.63, 3.8) is 0 Å². The lowest BCUT2D eigenvalue weighted by Gasteiger charge is -2.22. The average Bonchev–Trinajstić information content (AvgIpc) is 3.49. The highest BCUT2D eigenvalue weighted by atomic mass is 14.9. The van der Waals surface area contributed by atoms with Gasteiger partial charge in [0.15, 0.2) is 5.82 Å². The fourth-order valence-corrected chi connectivity index (χ4v) is 8.30. The molecule has 10 rings (SSSR count). The Bertz CT molecular complexity index is 2870. The summed E-state index contributed by atoms with van der Waals surface area (Å²) in [6, 6.07) is 64.6. The molecule has 1 aliphatic carbocycles. The van der Waals surface area contributed by atoms with Crippen LogP contribution in [0, 0.1) is 0 Å². The third-order valence-corrected chi connectivity index (χ3v) is 11.2. The van der Waals surface area contributed by atoms with Crippen LogP contribution in [-0.2, 0) is 5.41 Å². The molecule has 0 spiro atoms. The highest BCUT2D eigenvalue weighted by Gasteiger charge is 2.35. The highest BCUT2D eigenvalue weighted by molar-refractivity contribution is 5.97. The van der Waals surface area contributed by atoms with Gasteiger partial charge in [-0.05, 0) is 67.9 Å². The quantitative estimate of drug-likeness (QED) is 0.173. The second-order valence-corrected chi connectivity index (χ2v) is 14.8. The molecule has 55 heavy (non-hydrogen) atoms. The zero-order valence-electron chi connectivity index (χ0n) is 30.7. The zero-order chi connectivity index (χ0) is 36.9. The van der Waals surface area contributed by atoms with E-state index in [4.69, 9.17) is 15.0 Å². The summed E-state index contributed by atoms with van der Waals surface area (Å²) >= 11 is 0. The van der Waals surface area contributed by atoms with Crippen LogP contribution in [0.5, 0.6) is 0 Å². The molecule has 0 N–H and O–H groups in total. The molecule has 260 valence electrons. The standard InChI is InChI=1S/C52H37N3/c1-52(2)46-20-9-8-17-44(46)45-30-29-40(32-47(45)52)50-43(19-11-31-53-50)36-23-27-38(28-24-36)49-33-48(54-51(55-49)39-13-4-3-5-14-39)37-25-21-35(22-26-37)42-18-10-15-34-12-6-7-16-41(34)42/h3-33H,1-2H3. The van der Waals surface area contributed by atoms with Gasteiger partial charge in [0, 0.05) is 39.4 Å². The lowest BCUT2D eigenvalue weighted by atomic mass is 9.81. The normalized spacial score (nSPS) is 12.7. The Labute approximate surface area is 321 Å². The van der Waals surface area contributed by atoms with E-state index in [1.807, 2.05) is 30.5 Å². The zero-order valence-corrected chi connectivity index (χ0v) is 30.7. The van der Waals surface area contributed by atoms with E-state index in [-0.39, 0.29) is 5.41 Å². The maximum Gasteiger partial charge on any atom is 0.160 e. The Kier molecular flexibility index (Phi) is 7.81. The maximum absolute atomic E-state index is 5.11. The van der Waals surface area contributed by atoms with Gasteiger partial charge in [-0.15, -0.1) is 0 Å². The molecule has 0 saturated heterocycles. The molecule has 1 aliphatic rings. The van der Waals surface area contributed by atoms with Gasteiger partial charge in [0.25, 0.3) is 0 Å². The highest BCUT2D eigenvalue weighted by Crippen LogP contribution is 2.50. The Morgan fingerprint density at radius 1 is 0.382 bits per heavy atom. The number of benzene rings is 7. The third kappa shape index (κ3) is 5.73. The molecule has 0 radical (unpaired) electrons. The fraction of sp³-hybridized carbons (Fsp3) is 0.0577. The summed E-state index contributed by atoms with van der Waals surface area (Å²) in [5.41, 5.74) is 16.8. The van der Waals surface area contributed by atoms with Crippen molar-refractivity contribution in [1.82, 2.24) is 15.0 Å². The molecule has 0 aliphatic heterocycles. The van der Waals surface area contributed by atoms with Gasteiger partial charge in [0.2, 0.25) is 0 Å². The first-order valence-corrected chi connectivity index (χ1v) is 18.8. The van der Waals surface area contributed by atoms with Gasteiger partial charge in [-0.25, -0.2) is 9.97 Å². The number of rotatable bonds is 6. The van der Waals surface area contributed by atoms with Crippen molar-refractivity contribution < 1.29 is 0 Å². The van der Waals surface area contributed by atoms with E-state index in [1.165, 1.54) is 44.2 Å². The molecule has 0 fully saturated rings. The van der Waals surface area contributed by atoms with E-state index in [9.17, 15) is 0 Å². The van der Waals surface area contributed by atoms with Crippen LogP contribution < -0.4 is 0 Å². The summed E-state index contributed by atoms with van der Waals surface area (Å²) in [6.07, 6.45) is 1.89. The van der Waals surface area contributed by atoms with E-state index in [0.717, 1.165) is 50.5 Å². The van der Waals surface area contributed by atoms with E-state index >= 15 is 0 Å². The van der Waals surface area contributed by atoms with Crippen molar-refractivity contribution in [2.24, 2.45) is 0 Å². The predicted molar refractivity (Wildman–Crippen MR) is 228 cm³/mol. The average molecular weight is 704 g/mol. The number of pyridine rings is 1. The molecule has 0 unspecified atom stereocenters. The lowest BCUT2D eigenvalue weighted by Crippen LogP contribution is -2.14. The Morgan fingerprint density at radius 3 is 1.71 bits per heavy atom. The minimum Gasteiger partial charge on any atom is -0.256 e. The summed E-state index contributed by atoms with van der Waals surface area (Å²) in [4.78, 5) is 15.1. The topological polar surface area (TPSA) is 38.7 Å². The van der Waals surface area contributed by atoms with E-state index in [2.05, 4.69) is 172 Å². The summed E-state index contributed by atoms with van der Waals surface area (Å²) in [5, 5.41) is 2.49. The molecule has 2 aromatic heterocycles. The number of hydrogen-bond acceptors (Lipinski definition) is 3. The molecule has 7 aromatic carbocycles. The Morgan fingerprint density at radius 2 is 0.945 bits per heavy atom. The molecule has 9 aromatic rings. The lowest BCUT2D eigenvalue weighted by molar-refractivity contribution is 0.660. The molecule has 0 atom stereocenters. The summed E-state index contributed by atoms with van der Waals surface area (Å²) in [6.45, 7) is 4.64. The molecule has 0 bridgehead atoms. The predicted octanol–water partition coefficient (Wildman–Crippen LogP) is 13.3. The second kappa shape index (κ2) is 13.2. The van der Waals surface area contributed by atoms with Gasteiger partial charge in [-0.1, -0.05) is 178 Å². The van der Waals surface area contributed by atoms with Crippen LogP contribution in [-0.4, -0.2) is 15.0 Å². The molecular formula is C52H37N3. The van der Waals surface area contributed by atoms with Gasteiger partial charge in [-0.3, -0.25) is 4.98 Å². The van der Waals surface area contributed by atoms with Gasteiger partial charge in [0.1, 0.15) is 0 Å².